The number of benzene rings is 1. The lowest BCUT2D eigenvalue weighted by Crippen LogP contribution is -2.59. The van der Waals surface area contributed by atoms with Crippen LogP contribution in [0.3, 0.4) is 0 Å². The fourth-order valence-electron chi connectivity index (χ4n) is 5.81. The highest BCUT2D eigenvalue weighted by atomic mass is 16.3. The third-order valence-corrected chi connectivity index (χ3v) is 9.80. The Labute approximate surface area is 346 Å². The summed E-state index contributed by atoms with van der Waals surface area (Å²) >= 11 is 0. The second-order valence-corrected chi connectivity index (χ2v) is 15.2. The van der Waals surface area contributed by atoms with Gasteiger partial charge in [0.15, 0.2) is 5.96 Å². The third kappa shape index (κ3) is 19.2. The van der Waals surface area contributed by atoms with E-state index in [2.05, 4.69) is 36.9 Å². The fraction of sp³-hybridized carbons (Fsp3) is 0.641. The molecule has 0 fully saturated rings. The minimum Gasteiger partial charge on any atom is -0.508 e. The number of phenols is 1. The first-order valence-corrected chi connectivity index (χ1v) is 20.0. The van der Waals surface area contributed by atoms with Gasteiger partial charge < -0.3 is 65.0 Å². The molecule has 0 spiro atoms. The van der Waals surface area contributed by atoms with Gasteiger partial charge in [0.1, 0.15) is 42.0 Å². The summed E-state index contributed by atoms with van der Waals surface area (Å²) in [6.07, 6.45) is 1.79. The van der Waals surface area contributed by atoms with E-state index in [9.17, 15) is 43.8 Å². The number of aromatic hydroxyl groups is 1. The van der Waals surface area contributed by atoms with Gasteiger partial charge in [0.25, 0.3) is 0 Å². The molecule has 0 radical (unpaired) electrons. The Morgan fingerprint density at radius 3 is 1.76 bits per heavy atom. The standard InChI is InChI=1S/C39H67N11O9/c1-7-22(5)31(33(41)54)49-36(57)28(16-13-24-11-14-25(52)15-12-24)47-35(56)27(10-9-17-44-39(42)43)46-30(53)19-45-38(59)32(23(6)8-2)50-37(58)29(18-21(3)4)48-34(55)26(40)20-51/h11-12,14-15,21-23,26-29,31-32,51-52H,7-10,13,16-20,40H2,1-6H3,(H2,41,54)(H,45,59)(H,46,53)(H,47,56)(H,48,55)(H,49,57)(H,50,58)(H4,42,43,44)/t22-,23-,26-,27-,28-,29-,31-,32-/m0/s1. The first-order chi connectivity index (χ1) is 27.7. The van der Waals surface area contributed by atoms with E-state index >= 15 is 0 Å². The molecule has 0 aliphatic rings. The zero-order valence-electron chi connectivity index (χ0n) is 35.1. The van der Waals surface area contributed by atoms with Crippen LogP contribution in [0.2, 0.25) is 0 Å². The molecule has 0 bridgehead atoms. The molecular weight excluding hydrogens is 766 g/mol. The van der Waals surface area contributed by atoms with E-state index in [0.29, 0.717) is 12.8 Å². The van der Waals surface area contributed by atoms with Crippen molar-refractivity contribution < 1.29 is 43.8 Å². The molecule has 1 rings (SSSR count). The number of hydrogen-bond donors (Lipinski definition) is 12. The number of hydrogen-bond acceptors (Lipinski definition) is 11. The maximum atomic E-state index is 13.9. The first kappa shape index (κ1) is 51.5. The summed E-state index contributed by atoms with van der Waals surface area (Å²) < 4.78 is 0. The van der Waals surface area contributed by atoms with Crippen LogP contribution in [-0.4, -0.2) is 113 Å². The van der Waals surface area contributed by atoms with Crippen molar-refractivity contribution in [3.05, 3.63) is 29.8 Å². The monoisotopic (exact) mass is 834 g/mol. The Morgan fingerprint density at radius 2 is 1.22 bits per heavy atom. The number of amides is 7. The molecule has 0 aromatic heterocycles. The maximum Gasteiger partial charge on any atom is 0.243 e. The van der Waals surface area contributed by atoms with Crippen LogP contribution in [-0.2, 0) is 40.0 Å². The zero-order valence-corrected chi connectivity index (χ0v) is 35.1. The lowest BCUT2D eigenvalue weighted by atomic mass is 9.96. The minimum absolute atomic E-state index is 0.0137. The number of aliphatic hydroxyl groups is 1. The van der Waals surface area contributed by atoms with Gasteiger partial charge in [-0.25, -0.2) is 0 Å². The van der Waals surface area contributed by atoms with Crippen LogP contribution in [0.15, 0.2) is 29.3 Å². The number of phenolic OH excluding ortho intramolecular Hbond substituents is 1. The molecule has 0 aliphatic carbocycles. The molecule has 7 amide bonds. The molecule has 20 nitrogen and oxygen atoms in total. The van der Waals surface area contributed by atoms with E-state index in [1.165, 1.54) is 12.1 Å². The fourth-order valence-corrected chi connectivity index (χ4v) is 5.81. The van der Waals surface area contributed by atoms with Gasteiger partial charge in [0.2, 0.25) is 41.4 Å². The lowest BCUT2D eigenvalue weighted by molar-refractivity contribution is -0.135. The molecule has 1 aromatic rings. The van der Waals surface area contributed by atoms with Gasteiger partial charge in [-0.1, -0.05) is 66.5 Å². The largest absolute Gasteiger partial charge is 0.508 e. The van der Waals surface area contributed by atoms with Crippen LogP contribution in [0.1, 0.15) is 85.6 Å². The van der Waals surface area contributed by atoms with Gasteiger partial charge >= 0.3 is 0 Å². The quantitative estimate of drug-likeness (QED) is 0.0257. The van der Waals surface area contributed by atoms with Gasteiger partial charge in [-0.05, 0) is 67.6 Å². The number of carbonyl (C=O) groups is 7. The second-order valence-electron chi connectivity index (χ2n) is 15.2. The van der Waals surface area contributed by atoms with Crippen LogP contribution in [0.4, 0.5) is 0 Å². The highest BCUT2D eigenvalue weighted by molar-refractivity contribution is 5.96. The number of rotatable bonds is 27. The number of guanidine groups is 1. The van der Waals surface area contributed by atoms with Crippen molar-refractivity contribution >= 4 is 47.3 Å². The predicted octanol–water partition coefficient (Wildman–Crippen LogP) is -2.14. The summed E-state index contributed by atoms with van der Waals surface area (Å²) in [7, 11) is 0. The maximum absolute atomic E-state index is 13.9. The van der Waals surface area contributed by atoms with E-state index in [-0.39, 0.29) is 62.2 Å². The van der Waals surface area contributed by atoms with Crippen LogP contribution in [0.25, 0.3) is 0 Å². The molecule has 0 saturated heterocycles. The molecule has 20 heteroatoms. The van der Waals surface area contributed by atoms with Crippen molar-refractivity contribution in [2.24, 2.45) is 45.7 Å². The van der Waals surface area contributed by atoms with Crippen molar-refractivity contribution in [2.45, 2.75) is 123 Å². The van der Waals surface area contributed by atoms with Crippen LogP contribution in [0.5, 0.6) is 5.75 Å². The highest BCUT2D eigenvalue weighted by Gasteiger charge is 2.33. The molecule has 0 saturated carbocycles. The summed E-state index contributed by atoms with van der Waals surface area (Å²) in [6, 6.07) is -0.609. The summed E-state index contributed by atoms with van der Waals surface area (Å²) in [4.78, 5) is 96.3. The highest BCUT2D eigenvalue weighted by Crippen LogP contribution is 2.15. The number of aliphatic hydroxyl groups excluding tert-OH is 1. The van der Waals surface area contributed by atoms with Crippen molar-refractivity contribution in [1.82, 2.24) is 31.9 Å². The van der Waals surface area contributed by atoms with E-state index in [1.807, 2.05) is 20.8 Å². The summed E-state index contributed by atoms with van der Waals surface area (Å²) in [6.45, 7) is 9.66. The number of primary amides is 1. The molecule has 0 heterocycles. The Morgan fingerprint density at radius 1 is 0.695 bits per heavy atom. The topological polar surface area (TPSA) is 349 Å². The van der Waals surface area contributed by atoms with Crippen LogP contribution < -0.4 is 54.8 Å². The van der Waals surface area contributed by atoms with Gasteiger partial charge in [0, 0.05) is 6.54 Å². The van der Waals surface area contributed by atoms with E-state index in [4.69, 9.17) is 22.9 Å². The predicted molar refractivity (Wildman–Crippen MR) is 222 cm³/mol. The normalized spacial score (nSPS) is 15.1. The van der Waals surface area contributed by atoms with Crippen molar-refractivity contribution in [3.8, 4) is 5.75 Å². The average molecular weight is 834 g/mol. The molecular formula is C39H67N11O9. The number of nitrogens with two attached hydrogens (primary N) is 4. The summed E-state index contributed by atoms with van der Waals surface area (Å²) in [5.74, 6) is -5.93. The van der Waals surface area contributed by atoms with Crippen LogP contribution in [0, 0.1) is 17.8 Å². The molecule has 59 heavy (non-hydrogen) atoms. The number of nitrogens with zero attached hydrogens (tertiary/aromatic N) is 1. The van der Waals surface area contributed by atoms with Crippen molar-refractivity contribution in [3.63, 3.8) is 0 Å². The molecule has 0 unspecified atom stereocenters. The third-order valence-electron chi connectivity index (χ3n) is 9.80. The van der Waals surface area contributed by atoms with Gasteiger partial charge in [0.05, 0.1) is 13.2 Å². The number of carbonyl (C=O) groups excluding carboxylic acids is 7. The van der Waals surface area contributed by atoms with E-state index < -0.39 is 96.7 Å². The van der Waals surface area contributed by atoms with Gasteiger partial charge in [-0.2, -0.15) is 0 Å². The zero-order chi connectivity index (χ0) is 44.8. The van der Waals surface area contributed by atoms with E-state index in [1.54, 1.807) is 32.9 Å². The number of aliphatic imine (C=N–C) groups is 1. The van der Waals surface area contributed by atoms with Gasteiger partial charge in [-0.3, -0.25) is 38.6 Å². The minimum atomic E-state index is -1.25. The Kier molecular flexibility index (Phi) is 23.1. The first-order valence-electron chi connectivity index (χ1n) is 20.0. The number of aryl methyl sites for hydroxylation is 1. The van der Waals surface area contributed by atoms with Crippen molar-refractivity contribution in [1.29, 1.82) is 0 Å². The Bertz CT molecular complexity index is 1570. The Hall–Kier alpha value is -5.50. The molecule has 0 aliphatic heterocycles. The van der Waals surface area contributed by atoms with E-state index in [0.717, 1.165) is 5.56 Å². The molecule has 1 aromatic carbocycles. The average Bonchev–Trinajstić information content (AvgIpc) is 3.19. The summed E-state index contributed by atoms with van der Waals surface area (Å²) in [5.41, 5.74) is 22.9. The van der Waals surface area contributed by atoms with Gasteiger partial charge in [-0.15, -0.1) is 0 Å². The van der Waals surface area contributed by atoms with Crippen molar-refractivity contribution in [2.75, 3.05) is 19.7 Å². The SMILES string of the molecule is CC[C@H](C)[C@H](NC(=O)[C@H](CCc1ccc(O)cc1)NC(=O)[C@H](CCCN=C(N)N)NC(=O)CNC(=O)[C@@H](NC(=O)[C@H](CC(C)C)NC(=O)[C@@H](N)CO)[C@@H](C)CC)C(N)=O. The smallest absolute Gasteiger partial charge is 0.243 e. The molecule has 332 valence electrons. The van der Waals surface area contributed by atoms with Crippen LogP contribution >= 0.6 is 0 Å². The molecule has 8 atom stereocenters. The Balaban J connectivity index is 3.26. The lowest BCUT2D eigenvalue weighted by Gasteiger charge is -2.28. The number of nitrogens with one attached hydrogen (secondary N) is 6. The second kappa shape index (κ2) is 26.5. The molecule has 16 N–H and O–H groups in total. The summed E-state index contributed by atoms with van der Waals surface area (Å²) in [5, 5.41) is 34.6.